The lowest BCUT2D eigenvalue weighted by Crippen LogP contribution is -2.30. The van der Waals surface area contributed by atoms with Crippen LogP contribution in [0.3, 0.4) is 0 Å². The topological polar surface area (TPSA) is 92.5 Å². The van der Waals surface area contributed by atoms with Crippen LogP contribution in [0.1, 0.15) is 25.8 Å². The zero-order chi connectivity index (χ0) is 16.6. The number of carbonyl (C=O) groups excluding carboxylic acids is 1. The largest absolute Gasteiger partial charge is 0.355 e. The van der Waals surface area contributed by atoms with Crippen LogP contribution in [-0.4, -0.2) is 44.8 Å². The van der Waals surface area contributed by atoms with E-state index in [1.165, 1.54) is 4.31 Å². The van der Waals surface area contributed by atoms with Gasteiger partial charge in [0.05, 0.1) is 4.90 Å². The van der Waals surface area contributed by atoms with Gasteiger partial charge in [0.25, 0.3) is 0 Å². The smallest absolute Gasteiger partial charge is 0.243 e. The average Bonchev–Trinajstić information content (AvgIpc) is 2.52. The van der Waals surface area contributed by atoms with E-state index in [9.17, 15) is 13.2 Å². The summed E-state index contributed by atoms with van der Waals surface area (Å²) in [4.78, 5) is 11.8. The SMILES string of the molecule is CCN(CC)S(=O)(=O)c1ccc(CCC(=O)NCCN)cc1.Cl. The molecule has 0 aliphatic carbocycles. The molecule has 1 aromatic rings. The van der Waals surface area contributed by atoms with Crippen molar-refractivity contribution in [3.63, 3.8) is 0 Å². The van der Waals surface area contributed by atoms with Gasteiger partial charge in [0.2, 0.25) is 15.9 Å². The van der Waals surface area contributed by atoms with Crippen molar-refractivity contribution in [1.82, 2.24) is 9.62 Å². The summed E-state index contributed by atoms with van der Waals surface area (Å²) in [5.41, 5.74) is 6.24. The molecule has 23 heavy (non-hydrogen) atoms. The maximum Gasteiger partial charge on any atom is 0.243 e. The van der Waals surface area contributed by atoms with E-state index >= 15 is 0 Å². The summed E-state index contributed by atoms with van der Waals surface area (Å²) in [6.07, 6.45) is 0.935. The van der Waals surface area contributed by atoms with E-state index in [1.54, 1.807) is 24.3 Å². The Hall–Kier alpha value is -1.15. The summed E-state index contributed by atoms with van der Waals surface area (Å²) in [6, 6.07) is 6.71. The Morgan fingerprint density at radius 2 is 1.74 bits per heavy atom. The van der Waals surface area contributed by atoms with Gasteiger partial charge in [-0.3, -0.25) is 4.79 Å². The quantitative estimate of drug-likeness (QED) is 0.688. The van der Waals surface area contributed by atoms with E-state index in [4.69, 9.17) is 5.73 Å². The van der Waals surface area contributed by atoms with Crippen molar-refractivity contribution in [2.75, 3.05) is 26.2 Å². The molecule has 1 aromatic carbocycles. The molecule has 0 aliphatic rings. The number of sulfonamides is 1. The fourth-order valence-electron chi connectivity index (χ4n) is 2.10. The van der Waals surface area contributed by atoms with Crippen molar-refractivity contribution in [2.45, 2.75) is 31.6 Å². The molecule has 0 aromatic heterocycles. The molecule has 1 rings (SSSR count). The van der Waals surface area contributed by atoms with Crippen LogP contribution in [0.5, 0.6) is 0 Å². The van der Waals surface area contributed by atoms with Crippen LogP contribution in [0.4, 0.5) is 0 Å². The molecule has 132 valence electrons. The van der Waals surface area contributed by atoms with Gasteiger partial charge in [-0.15, -0.1) is 12.4 Å². The third kappa shape index (κ3) is 6.47. The van der Waals surface area contributed by atoms with Crippen LogP contribution in [-0.2, 0) is 21.2 Å². The van der Waals surface area contributed by atoms with Crippen molar-refractivity contribution in [1.29, 1.82) is 0 Å². The predicted molar refractivity (Wildman–Crippen MR) is 94.2 cm³/mol. The molecule has 1 amide bonds. The lowest BCUT2D eigenvalue weighted by atomic mass is 10.1. The Kier molecular flexibility index (Phi) is 10.1. The molecule has 0 bridgehead atoms. The van der Waals surface area contributed by atoms with E-state index in [-0.39, 0.29) is 23.2 Å². The highest BCUT2D eigenvalue weighted by atomic mass is 35.5. The standard InChI is InChI=1S/C15H25N3O3S.ClH/c1-3-18(4-2)22(20,21)14-8-5-13(6-9-14)7-10-15(19)17-12-11-16;/h5-6,8-9H,3-4,7,10-12,16H2,1-2H3,(H,17,19);1H. The first-order valence-electron chi connectivity index (χ1n) is 7.51. The molecule has 6 nitrogen and oxygen atoms in total. The minimum Gasteiger partial charge on any atom is -0.355 e. The monoisotopic (exact) mass is 363 g/mol. The van der Waals surface area contributed by atoms with Gasteiger partial charge in [-0.25, -0.2) is 8.42 Å². The first kappa shape index (κ1) is 21.9. The Labute approximate surface area is 144 Å². The Balaban J connectivity index is 0.00000484. The lowest BCUT2D eigenvalue weighted by Gasteiger charge is -2.18. The second-order valence-corrected chi connectivity index (χ2v) is 6.81. The summed E-state index contributed by atoms with van der Waals surface area (Å²) in [6.45, 7) is 5.41. The van der Waals surface area contributed by atoms with Gasteiger partial charge in [0.15, 0.2) is 0 Å². The number of nitrogens with one attached hydrogen (secondary N) is 1. The molecule has 8 heteroatoms. The summed E-state index contributed by atoms with van der Waals surface area (Å²) in [5, 5.41) is 2.70. The number of hydrogen-bond acceptors (Lipinski definition) is 4. The molecule has 0 aliphatic heterocycles. The van der Waals surface area contributed by atoms with Gasteiger partial charge in [-0.2, -0.15) is 4.31 Å². The number of benzene rings is 1. The fraction of sp³-hybridized carbons (Fsp3) is 0.533. The molecule has 0 spiro atoms. The number of nitrogens with zero attached hydrogens (tertiary/aromatic N) is 1. The first-order valence-corrected chi connectivity index (χ1v) is 8.95. The van der Waals surface area contributed by atoms with Crippen LogP contribution in [0, 0.1) is 0 Å². The Morgan fingerprint density at radius 1 is 1.17 bits per heavy atom. The van der Waals surface area contributed by atoms with E-state index in [0.29, 0.717) is 39.0 Å². The molecule has 0 heterocycles. The predicted octanol–water partition coefficient (Wildman–Crippen LogP) is 1.15. The molecule has 3 N–H and O–H groups in total. The molecule has 0 saturated carbocycles. The van der Waals surface area contributed by atoms with Gasteiger partial charge in [-0.05, 0) is 24.1 Å². The van der Waals surface area contributed by atoms with Gasteiger partial charge in [-0.1, -0.05) is 26.0 Å². The highest BCUT2D eigenvalue weighted by molar-refractivity contribution is 7.89. The van der Waals surface area contributed by atoms with Crippen molar-refractivity contribution in [2.24, 2.45) is 5.73 Å². The minimum atomic E-state index is -3.42. The van der Waals surface area contributed by atoms with Gasteiger partial charge < -0.3 is 11.1 Å². The normalized spacial score (nSPS) is 11.1. The van der Waals surface area contributed by atoms with Gasteiger partial charge in [0.1, 0.15) is 0 Å². The van der Waals surface area contributed by atoms with E-state index in [0.717, 1.165) is 5.56 Å². The Morgan fingerprint density at radius 3 is 2.22 bits per heavy atom. The van der Waals surface area contributed by atoms with E-state index in [2.05, 4.69) is 5.32 Å². The fourth-order valence-corrected chi connectivity index (χ4v) is 3.56. The minimum absolute atomic E-state index is 0. The zero-order valence-corrected chi connectivity index (χ0v) is 15.3. The Bertz CT molecular complexity index is 572. The summed E-state index contributed by atoms with van der Waals surface area (Å²) in [7, 11) is -3.42. The molecule has 0 atom stereocenters. The molecule has 0 radical (unpaired) electrons. The van der Waals surface area contributed by atoms with Crippen LogP contribution in [0.2, 0.25) is 0 Å². The number of aryl methyl sites for hydroxylation is 1. The average molecular weight is 364 g/mol. The van der Waals surface area contributed by atoms with Crippen LogP contribution >= 0.6 is 12.4 Å². The maximum absolute atomic E-state index is 12.3. The third-order valence-electron chi connectivity index (χ3n) is 3.37. The van der Waals surface area contributed by atoms with Crippen molar-refractivity contribution in [3.8, 4) is 0 Å². The number of rotatable bonds is 9. The first-order chi connectivity index (χ1) is 10.5. The van der Waals surface area contributed by atoms with Crippen LogP contribution in [0.25, 0.3) is 0 Å². The number of amides is 1. The zero-order valence-electron chi connectivity index (χ0n) is 13.6. The van der Waals surface area contributed by atoms with Crippen molar-refractivity contribution < 1.29 is 13.2 Å². The van der Waals surface area contributed by atoms with Crippen molar-refractivity contribution in [3.05, 3.63) is 29.8 Å². The molecular weight excluding hydrogens is 338 g/mol. The van der Waals surface area contributed by atoms with E-state index in [1.807, 2.05) is 13.8 Å². The van der Waals surface area contributed by atoms with Crippen LogP contribution < -0.4 is 11.1 Å². The molecular formula is C15H26ClN3O3S. The third-order valence-corrected chi connectivity index (χ3v) is 5.44. The second-order valence-electron chi connectivity index (χ2n) is 4.87. The molecule has 0 saturated heterocycles. The van der Waals surface area contributed by atoms with Gasteiger partial charge in [0, 0.05) is 32.6 Å². The summed E-state index contributed by atoms with van der Waals surface area (Å²) in [5.74, 6) is -0.0507. The lowest BCUT2D eigenvalue weighted by molar-refractivity contribution is -0.121. The summed E-state index contributed by atoms with van der Waals surface area (Å²) >= 11 is 0. The highest BCUT2D eigenvalue weighted by Gasteiger charge is 2.21. The number of carbonyl (C=O) groups is 1. The second kappa shape index (κ2) is 10.6. The van der Waals surface area contributed by atoms with Crippen molar-refractivity contribution >= 4 is 28.3 Å². The number of halogens is 1. The highest BCUT2D eigenvalue weighted by Crippen LogP contribution is 2.16. The molecule has 0 unspecified atom stereocenters. The summed E-state index contributed by atoms with van der Waals surface area (Å²) < 4.78 is 26.1. The maximum atomic E-state index is 12.3. The number of hydrogen-bond donors (Lipinski definition) is 2. The number of nitrogens with two attached hydrogens (primary N) is 1. The van der Waals surface area contributed by atoms with Crippen LogP contribution in [0.15, 0.2) is 29.2 Å². The van der Waals surface area contributed by atoms with Gasteiger partial charge >= 0.3 is 0 Å². The van der Waals surface area contributed by atoms with E-state index < -0.39 is 10.0 Å². The molecule has 0 fully saturated rings.